The van der Waals surface area contributed by atoms with Crippen LogP contribution in [0.15, 0.2) is 124 Å². The highest BCUT2D eigenvalue weighted by Crippen LogP contribution is 2.43. The summed E-state index contributed by atoms with van der Waals surface area (Å²) in [5.41, 5.74) is 7.62. The van der Waals surface area contributed by atoms with Crippen LogP contribution in [0.3, 0.4) is 0 Å². The Morgan fingerprint density at radius 1 is 0.965 bits per heavy atom. The highest BCUT2D eigenvalue weighted by atomic mass is 35.5. The van der Waals surface area contributed by atoms with Gasteiger partial charge >= 0.3 is 5.97 Å². The lowest BCUT2D eigenvalue weighted by molar-refractivity contribution is -0.150. The molecule has 3 fully saturated rings. The van der Waals surface area contributed by atoms with Gasteiger partial charge in [0.15, 0.2) is 10.8 Å². The molecule has 0 bridgehead atoms. The Balaban J connectivity index is 0.00000496. The van der Waals surface area contributed by atoms with E-state index >= 15 is 0 Å². The Kier molecular flexibility index (Phi) is 11.8. The molecule has 16 heteroatoms. The number of carboxylic acid groups (broad SMARTS) is 1. The molecule has 0 aliphatic carbocycles. The van der Waals surface area contributed by atoms with Crippen LogP contribution in [0.4, 0.5) is 5.13 Å². The fourth-order valence-electron chi connectivity index (χ4n) is 7.80. The van der Waals surface area contributed by atoms with Crippen LogP contribution in [0.2, 0.25) is 0 Å². The zero-order valence-electron chi connectivity index (χ0n) is 30.6. The van der Waals surface area contributed by atoms with Crippen molar-refractivity contribution in [3.63, 3.8) is 0 Å². The number of nitrogen functional groups attached to an aromatic ring is 1. The van der Waals surface area contributed by atoms with Gasteiger partial charge in [0, 0.05) is 46.0 Å². The number of piperidine rings is 1. The zero-order chi connectivity index (χ0) is 38.8. The number of thiazole rings is 1. The second-order valence-corrected chi connectivity index (χ2v) is 15.8. The number of aromatic nitrogens is 1. The standard InChI is InChI=1S/C41H39N7O6S2.ClH/c42-40-44-31(24-56-40)32(46-54-41(27-10-4-1-5-11-27,28-12-6-2-7-13-28)29-14-8-3-9-15-29)35(49)45-33-37(51)48-34(39(52)53)26(23-55-38(33)48)22-25-18-21-47(36(25)50)30-16-19-43-20-17-30;/h1-15,22,24,30,33,38,43H,16-21,23H2,(H2,42,44)(H,45,49)(H,52,53);1H/t33-,38-;/m1./s1. The molecule has 1 aromatic heterocycles. The molecule has 294 valence electrons. The minimum atomic E-state index is -1.31. The number of anilines is 1. The number of carboxylic acids is 1. The van der Waals surface area contributed by atoms with Crippen molar-refractivity contribution in [3.8, 4) is 0 Å². The van der Waals surface area contributed by atoms with Crippen molar-refractivity contribution in [3.05, 3.63) is 142 Å². The Bertz CT molecular complexity index is 2150. The number of hydrogen-bond acceptors (Lipinski definition) is 11. The van der Waals surface area contributed by atoms with Gasteiger partial charge in [-0.1, -0.05) is 96.2 Å². The molecule has 57 heavy (non-hydrogen) atoms. The van der Waals surface area contributed by atoms with Crippen molar-refractivity contribution >= 4 is 70.0 Å². The third-order valence-electron chi connectivity index (χ3n) is 10.5. The van der Waals surface area contributed by atoms with Gasteiger partial charge in [-0.15, -0.1) is 35.5 Å². The molecule has 0 radical (unpaired) electrons. The van der Waals surface area contributed by atoms with E-state index in [0.29, 0.717) is 24.1 Å². The van der Waals surface area contributed by atoms with Crippen LogP contribution in [-0.4, -0.2) is 92.1 Å². The maximum atomic E-state index is 14.2. The molecular weight excluding hydrogens is 786 g/mol. The van der Waals surface area contributed by atoms with E-state index in [0.717, 1.165) is 54.0 Å². The number of carbonyl (C=O) groups excluding carboxylic acids is 3. The number of halogens is 1. The molecule has 4 aliphatic heterocycles. The van der Waals surface area contributed by atoms with Gasteiger partial charge in [-0.25, -0.2) is 9.78 Å². The van der Waals surface area contributed by atoms with E-state index in [1.807, 2.05) is 95.9 Å². The van der Waals surface area contributed by atoms with Crippen molar-refractivity contribution in [2.24, 2.45) is 5.16 Å². The summed E-state index contributed by atoms with van der Waals surface area (Å²) in [7, 11) is 0. The number of likely N-dealkylation sites (tertiary alicyclic amines) is 1. The topological polar surface area (TPSA) is 180 Å². The van der Waals surface area contributed by atoms with Gasteiger partial charge in [0.1, 0.15) is 22.8 Å². The molecule has 3 amide bonds. The van der Waals surface area contributed by atoms with Gasteiger partial charge in [0.2, 0.25) is 11.5 Å². The molecule has 8 rings (SSSR count). The largest absolute Gasteiger partial charge is 0.477 e. The number of hydrogen-bond donors (Lipinski definition) is 4. The molecule has 2 atom stereocenters. The van der Waals surface area contributed by atoms with Crippen LogP contribution in [0.5, 0.6) is 0 Å². The number of nitrogens with zero attached hydrogens (tertiary/aromatic N) is 4. The number of amides is 3. The number of nitrogens with one attached hydrogen (secondary N) is 2. The smallest absolute Gasteiger partial charge is 0.352 e. The van der Waals surface area contributed by atoms with Crippen LogP contribution in [0, 0.1) is 0 Å². The first-order valence-electron chi connectivity index (χ1n) is 18.3. The zero-order valence-corrected chi connectivity index (χ0v) is 33.0. The lowest BCUT2D eigenvalue weighted by atomic mass is 9.80. The fourth-order valence-corrected chi connectivity index (χ4v) is 9.65. The van der Waals surface area contributed by atoms with E-state index in [1.54, 1.807) is 11.5 Å². The van der Waals surface area contributed by atoms with E-state index in [9.17, 15) is 24.3 Å². The van der Waals surface area contributed by atoms with Crippen molar-refractivity contribution in [1.29, 1.82) is 0 Å². The average Bonchev–Trinajstić information content (AvgIpc) is 3.83. The number of thioether (sulfide) groups is 1. The summed E-state index contributed by atoms with van der Waals surface area (Å²) in [5, 5.41) is 22.1. The van der Waals surface area contributed by atoms with E-state index in [2.05, 4.69) is 20.8 Å². The molecule has 0 spiro atoms. The van der Waals surface area contributed by atoms with Crippen molar-refractivity contribution in [2.45, 2.75) is 42.3 Å². The Morgan fingerprint density at radius 3 is 2.11 bits per heavy atom. The predicted octanol–water partition coefficient (Wildman–Crippen LogP) is 4.51. The number of rotatable bonds is 11. The molecule has 0 unspecified atom stereocenters. The fraction of sp³-hybridized carbons (Fsp3) is 0.268. The highest BCUT2D eigenvalue weighted by molar-refractivity contribution is 8.00. The van der Waals surface area contributed by atoms with Gasteiger partial charge in [-0.05, 0) is 44.0 Å². The second-order valence-electron chi connectivity index (χ2n) is 13.8. The third-order valence-corrected chi connectivity index (χ3v) is 12.5. The first-order valence-corrected chi connectivity index (χ1v) is 20.3. The lowest BCUT2D eigenvalue weighted by Crippen LogP contribution is -2.71. The monoisotopic (exact) mass is 825 g/mol. The number of fused-ring (bicyclic) bond motifs is 1. The van der Waals surface area contributed by atoms with E-state index in [4.69, 9.17) is 10.6 Å². The van der Waals surface area contributed by atoms with E-state index in [-0.39, 0.29) is 52.3 Å². The van der Waals surface area contributed by atoms with E-state index < -0.39 is 34.8 Å². The van der Waals surface area contributed by atoms with Crippen LogP contribution in [0.25, 0.3) is 0 Å². The third kappa shape index (κ3) is 7.55. The molecule has 5 heterocycles. The van der Waals surface area contributed by atoms with Gasteiger partial charge in [-0.3, -0.25) is 19.3 Å². The Morgan fingerprint density at radius 2 is 1.56 bits per heavy atom. The van der Waals surface area contributed by atoms with Crippen LogP contribution < -0.4 is 16.4 Å². The second kappa shape index (κ2) is 16.9. The number of nitrogens with two attached hydrogens (primary N) is 1. The summed E-state index contributed by atoms with van der Waals surface area (Å²) in [6.07, 6.45) is 3.89. The number of carbonyl (C=O) groups is 4. The van der Waals surface area contributed by atoms with Crippen molar-refractivity contribution in [1.82, 2.24) is 25.4 Å². The SMILES string of the molecule is Cl.Nc1nc(C(=NOC(c2ccccc2)(c2ccccc2)c2ccccc2)C(=O)N[C@@H]2C(=O)N3C(C(=O)O)=C(C=C4CCN(C5CCNCC5)C4=O)CS[C@H]23)cs1. The minimum absolute atomic E-state index is 0. The van der Waals surface area contributed by atoms with Crippen LogP contribution >= 0.6 is 35.5 Å². The molecule has 0 saturated carbocycles. The lowest BCUT2D eigenvalue weighted by Gasteiger charge is -2.49. The molecular formula is C41H40ClN7O6S2. The molecule has 13 nitrogen and oxygen atoms in total. The summed E-state index contributed by atoms with van der Waals surface area (Å²) >= 11 is 2.44. The quantitative estimate of drug-likeness (QED) is 0.0553. The normalized spacial score (nSPS) is 20.8. The molecule has 4 aromatic rings. The van der Waals surface area contributed by atoms with Gasteiger partial charge < -0.3 is 31.2 Å². The molecule has 3 saturated heterocycles. The van der Waals surface area contributed by atoms with Crippen molar-refractivity contribution < 1.29 is 29.1 Å². The average molecular weight is 826 g/mol. The Labute approximate surface area is 343 Å². The summed E-state index contributed by atoms with van der Waals surface area (Å²) < 4.78 is 0. The number of allylic oxidation sites excluding steroid dienone is 1. The molecule has 3 aromatic carbocycles. The summed E-state index contributed by atoms with van der Waals surface area (Å²) in [5.74, 6) is -2.49. The van der Waals surface area contributed by atoms with Gasteiger partial charge in [-0.2, -0.15) is 0 Å². The van der Waals surface area contributed by atoms with Gasteiger partial charge in [0.25, 0.3) is 11.8 Å². The number of oxime groups is 1. The Hall–Kier alpha value is -5.48. The maximum Gasteiger partial charge on any atom is 0.352 e. The summed E-state index contributed by atoms with van der Waals surface area (Å²) in [6.45, 7) is 2.28. The van der Waals surface area contributed by atoms with Crippen LogP contribution in [-0.2, 0) is 29.6 Å². The summed E-state index contributed by atoms with van der Waals surface area (Å²) in [6, 6.07) is 27.7. The first-order chi connectivity index (χ1) is 27.3. The van der Waals surface area contributed by atoms with Gasteiger partial charge in [0.05, 0.1) is 0 Å². The maximum absolute atomic E-state index is 14.2. The number of benzene rings is 3. The highest BCUT2D eigenvalue weighted by Gasteiger charge is 2.54. The minimum Gasteiger partial charge on any atom is -0.477 e. The summed E-state index contributed by atoms with van der Waals surface area (Å²) in [4.78, 5) is 68.1. The van der Waals surface area contributed by atoms with Crippen molar-refractivity contribution in [2.75, 3.05) is 31.1 Å². The predicted molar refractivity (Wildman–Crippen MR) is 221 cm³/mol. The molecule has 5 N–H and O–H groups in total. The van der Waals surface area contributed by atoms with E-state index in [1.165, 1.54) is 16.7 Å². The number of aliphatic carboxylic acids is 1. The van der Waals surface area contributed by atoms with Crippen LogP contribution in [0.1, 0.15) is 41.6 Å². The first kappa shape index (κ1) is 39.7. The molecule has 4 aliphatic rings. The number of β-lactam (4-membered cyclic amide) rings is 1.